The summed E-state index contributed by atoms with van der Waals surface area (Å²) >= 11 is 0. The van der Waals surface area contributed by atoms with E-state index in [9.17, 15) is 23.1 Å². The van der Waals surface area contributed by atoms with Crippen LogP contribution in [0.3, 0.4) is 0 Å². The topological polar surface area (TPSA) is 68.7 Å². The molecule has 0 aliphatic rings. The van der Waals surface area contributed by atoms with Gasteiger partial charge >= 0.3 is 12.1 Å². The molecule has 0 atom stereocenters. The summed E-state index contributed by atoms with van der Waals surface area (Å²) in [7, 11) is 2.42. The molecule has 0 amide bonds. The largest absolute Gasteiger partial charge is 0.506 e. The molecule has 0 unspecified atom stereocenters. The number of alkyl halides is 3. The summed E-state index contributed by atoms with van der Waals surface area (Å²) < 4.78 is 47.2. The number of ether oxygens (including phenoxy) is 2. The Morgan fingerprint density at radius 3 is 2.26 bits per heavy atom. The SMILES string of the molecule is COC(=O)c1cc(O)c(-c2ccc(C(F)(F)F)cc2)nc1OC. The second-order valence-corrected chi connectivity index (χ2v) is 4.48. The predicted molar refractivity (Wildman–Crippen MR) is 74.2 cm³/mol. The molecule has 0 aliphatic heterocycles. The van der Waals surface area contributed by atoms with Crippen molar-refractivity contribution >= 4 is 5.97 Å². The van der Waals surface area contributed by atoms with Gasteiger partial charge in [0.25, 0.3) is 0 Å². The molecule has 23 heavy (non-hydrogen) atoms. The van der Waals surface area contributed by atoms with Gasteiger partial charge in [0.2, 0.25) is 5.88 Å². The first-order valence-corrected chi connectivity index (χ1v) is 6.32. The molecule has 0 aliphatic carbocycles. The Balaban J connectivity index is 2.50. The number of esters is 1. The summed E-state index contributed by atoms with van der Waals surface area (Å²) in [4.78, 5) is 15.5. The number of benzene rings is 1. The third-order valence-corrected chi connectivity index (χ3v) is 3.05. The van der Waals surface area contributed by atoms with Gasteiger partial charge in [0.05, 0.1) is 19.8 Å². The Hall–Kier alpha value is -2.77. The number of hydrogen-bond donors (Lipinski definition) is 1. The highest BCUT2D eigenvalue weighted by Crippen LogP contribution is 2.35. The van der Waals surface area contributed by atoms with E-state index in [2.05, 4.69) is 9.72 Å². The zero-order valence-electron chi connectivity index (χ0n) is 12.1. The number of nitrogens with zero attached hydrogens (tertiary/aromatic N) is 1. The molecule has 1 aromatic heterocycles. The van der Waals surface area contributed by atoms with Crippen molar-refractivity contribution in [3.63, 3.8) is 0 Å². The summed E-state index contributed by atoms with van der Waals surface area (Å²) in [6, 6.07) is 5.17. The Morgan fingerprint density at radius 2 is 1.78 bits per heavy atom. The molecule has 0 fully saturated rings. The van der Waals surface area contributed by atoms with Gasteiger partial charge in [0, 0.05) is 11.6 Å². The number of carbonyl (C=O) groups excluding carboxylic acids is 1. The highest BCUT2D eigenvalue weighted by atomic mass is 19.4. The second-order valence-electron chi connectivity index (χ2n) is 4.48. The number of halogens is 3. The fraction of sp³-hybridized carbons (Fsp3) is 0.200. The normalized spacial score (nSPS) is 11.2. The molecule has 2 rings (SSSR count). The predicted octanol–water partition coefficient (Wildman–Crippen LogP) is 3.27. The number of methoxy groups -OCH3 is 2. The van der Waals surface area contributed by atoms with E-state index in [-0.39, 0.29) is 28.5 Å². The van der Waals surface area contributed by atoms with Crippen LogP contribution in [-0.2, 0) is 10.9 Å². The lowest BCUT2D eigenvalue weighted by atomic mass is 10.1. The molecule has 5 nitrogen and oxygen atoms in total. The van der Waals surface area contributed by atoms with Crippen molar-refractivity contribution in [2.45, 2.75) is 6.18 Å². The molecule has 0 bridgehead atoms. The molecule has 1 N–H and O–H groups in total. The number of rotatable bonds is 3. The number of carbonyl (C=O) groups is 1. The van der Waals surface area contributed by atoms with Gasteiger partial charge in [-0.15, -0.1) is 0 Å². The van der Waals surface area contributed by atoms with E-state index < -0.39 is 17.7 Å². The zero-order valence-corrected chi connectivity index (χ0v) is 12.1. The van der Waals surface area contributed by atoms with Crippen molar-refractivity contribution in [1.82, 2.24) is 4.98 Å². The van der Waals surface area contributed by atoms with Gasteiger partial charge in [0.15, 0.2) is 0 Å². The van der Waals surface area contributed by atoms with E-state index in [1.807, 2.05) is 0 Å². The Labute approximate surface area is 129 Å². The first-order chi connectivity index (χ1) is 10.8. The van der Waals surface area contributed by atoms with Crippen LogP contribution < -0.4 is 4.74 Å². The van der Waals surface area contributed by atoms with Gasteiger partial charge in [-0.3, -0.25) is 0 Å². The first kappa shape index (κ1) is 16.6. The van der Waals surface area contributed by atoms with Gasteiger partial charge in [0.1, 0.15) is 17.0 Å². The van der Waals surface area contributed by atoms with Crippen LogP contribution >= 0.6 is 0 Å². The minimum Gasteiger partial charge on any atom is -0.506 e. The van der Waals surface area contributed by atoms with Gasteiger partial charge in [-0.25, -0.2) is 9.78 Å². The zero-order chi connectivity index (χ0) is 17.2. The maximum atomic E-state index is 12.6. The minimum atomic E-state index is -4.46. The fourth-order valence-corrected chi connectivity index (χ4v) is 1.93. The fourth-order valence-electron chi connectivity index (χ4n) is 1.93. The third kappa shape index (κ3) is 3.36. The van der Waals surface area contributed by atoms with Gasteiger partial charge in [-0.1, -0.05) is 12.1 Å². The Morgan fingerprint density at radius 1 is 1.17 bits per heavy atom. The van der Waals surface area contributed by atoms with Crippen molar-refractivity contribution in [1.29, 1.82) is 0 Å². The Kier molecular flexibility index (Phi) is 4.44. The van der Waals surface area contributed by atoms with E-state index in [0.29, 0.717) is 0 Å². The van der Waals surface area contributed by atoms with Crippen LogP contribution in [0.2, 0.25) is 0 Å². The Bertz CT molecular complexity index is 727. The summed E-state index contributed by atoms with van der Waals surface area (Å²) in [5.41, 5.74) is -0.685. The molecule has 0 saturated carbocycles. The second kappa shape index (κ2) is 6.15. The highest BCUT2D eigenvalue weighted by molar-refractivity contribution is 5.93. The summed E-state index contributed by atoms with van der Waals surface area (Å²) in [5, 5.41) is 9.99. The summed E-state index contributed by atoms with van der Waals surface area (Å²) in [6.45, 7) is 0. The first-order valence-electron chi connectivity index (χ1n) is 6.32. The monoisotopic (exact) mass is 327 g/mol. The van der Waals surface area contributed by atoms with E-state index in [1.165, 1.54) is 19.2 Å². The molecule has 2 aromatic rings. The molecule has 0 saturated heterocycles. The molecule has 1 heterocycles. The lowest BCUT2D eigenvalue weighted by molar-refractivity contribution is -0.137. The van der Waals surface area contributed by atoms with Crippen molar-refractivity contribution in [2.75, 3.05) is 14.2 Å². The number of pyridine rings is 1. The number of hydrogen-bond acceptors (Lipinski definition) is 5. The molecule has 1 aromatic carbocycles. The molecule has 8 heteroatoms. The van der Waals surface area contributed by atoms with E-state index in [4.69, 9.17) is 4.74 Å². The standard InChI is InChI=1S/C15H12F3NO4/c1-22-13-10(14(21)23-2)7-11(20)12(19-13)8-3-5-9(6-4-8)15(16,17)18/h3-7,20H,1-2H3. The van der Waals surface area contributed by atoms with Gasteiger partial charge in [-0.2, -0.15) is 13.2 Å². The van der Waals surface area contributed by atoms with Crippen LogP contribution in [0.5, 0.6) is 11.6 Å². The van der Waals surface area contributed by atoms with Gasteiger partial charge < -0.3 is 14.6 Å². The number of aromatic nitrogens is 1. The van der Waals surface area contributed by atoms with Crippen molar-refractivity contribution in [3.8, 4) is 22.9 Å². The quantitative estimate of drug-likeness (QED) is 0.876. The molecular formula is C15H12F3NO4. The highest BCUT2D eigenvalue weighted by Gasteiger charge is 2.30. The maximum absolute atomic E-state index is 12.6. The van der Waals surface area contributed by atoms with Crippen LogP contribution in [0.4, 0.5) is 13.2 Å². The van der Waals surface area contributed by atoms with Crippen LogP contribution in [0.25, 0.3) is 11.3 Å². The van der Waals surface area contributed by atoms with E-state index >= 15 is 0 Å². The summed E-state index contributed by atoms with van der Waals surface area (Å²) in [5.74, 6) is -1.25. The molecule has 122 valence electrons. The van der Waals surface area contributed by atoms with Crippen LogP contribution in [0, 0.1) is 0 Å². The van der Waals surface area contributed by atoms with Crippen LogP contribution in [0.15, 0.2) is 30.3 Å². The number of aromatic hydroxyl groups is 1. The minimum absolute atomic E-state index is 0.0109. The van der Waals surface area contributed by atoms with E-state index in [1.54, 1.807) is 0 Å². The van der Waals surface area contributed by atoms with Crippen LogP contribution in [-0.4, -0.2) is 30.3 Å². The van der Waals surface area contributed by atoms with E-state index in [0.717, 1.165) is 25.3 Å². The summed E-state index contributed by atoms with van der Waals surface area (Å²) in [6.07, 6.45) is -4.46. The average molecular weight is 327 g/mol. The van der Waals surface area contributed by atoms with Crippen molar-refractivity contribution in [2.24, 2.45) is 0 Å². The smallest absolute Gasteiger partial charge is 0.416 e. The van der Waals surface area contributed by atoms with Crippen molar-refractivity contribution in [3.05, 3.63) is 41.5 Å². The maximum Gasteiger partial charge on any atom is 0.416 e. The average Bonchev–Trinajstić information content (AvgIpc) is 2.53. The lowest BCUT2D eigenvalue weighted by Crippen LogP contribution is -2.06. The van der Waals surface area contributed by atoms with Crippen LogP contribution in [0.1, 0.15) is 15.9 Å². The van der Waals surface area contributed by atoms with Crippen molar-refractivity contribution < 1.29 is 32.5 Å². The molecular weight excluding hydrogens is 315 g/mol. The lowest BCUT2D eigenvalue weighted by Gasteiger charge is -2.11. The molecule has 0 radical (unpaired) electrons. The van der Waals surface area contributed by atoms with Gasteiger partial charge in [-0.05, 0) is 12.1 Å². The molecule has 0 spiro atoms. The third-order valence-electron chi connectivity index (χ3n) is 3.05.